The number of hydrogen-bond acceptors (Lipinski definition) is 5. The highest BCUT2D eigenvalue weighted by molar-refractivity contribution is 6.33. The molecule has 1 fully saturated rings. The smallest absolute Gasteiger partial charge is 0.354 e. The van der Waals surface area contributed by atoms with Crippen molar-refractivity contribution in [2.45, 2.75) is 19.0 Å². The molecule has 0 aliphatic carbocycles. The molecule has 1 saturated heterocycles. The zero-order chi connectivity index (χ0) is 19.2. The molecule has 1 aliphatic rings. The Labute approximate surface area is 154 Å². The molecule has 1 N–H and O–H groups in total. The fourth-order valence-electron chi connectivity index (χ4n) is 2.68. The van der Waals surface area contributed by atoms with E-state index in [1.54, 1.807) is 0 Å². The van der Waals surface area contributed by atoms with E-state index < -0.39 is 11.7 Å². The molecule has 1 aromatic rings. The highest BCUT2D eigenvalue weighted by Crippen LogP contribution is 2.33. The van der Waals surface area contributed by atoms with Gasteiger partial charge in [-0.05, 0) is 12.5 Å². The molecule has 10 heteroatoms. The summed E-state index contributed by atoms with van der Waals surface area (Å²) in [4.78, 5) is 19.5. The minimum Gasteiger partial charge on any atom is -0.354 e. The fourth-order valence-corrected chi connectivity index (χ4v) is 2.96. The number of alkyl halides is 3. The van der Waals surface area contributed by atoms with Gasteiger partial charge in [0.25, 0.3) is 0 Å². The molecule has 1 aliphatic heterocycles. The maximum Gasteiger partial charge on any atom is 0.417 e. The van der Waals surface area contributed by atoms with Crippen LogP contribution in [0, 0.1) is 11.3 Å². The molecule has 26 heavy (non-hydrogen) atoms. The summed E-state index contributed by atoms with van der Waals surface area (Å²) >= 11 is 6.01. The number of amides is 1. The van der Waals surface area contributed by atoms with Crippen molar-refractivity contribution in [2.75, 3.05) is 44.2 Å². The Morgan fingerprint density at radius 2 is 2.12 bits per heavy atom. The summed E-state index contributed by atoms with van der Waals surface area (Å²) < 4.78 is 38.1. The van der Waals surface area contributed by atoms with Gasteiger partial charge in [0.15, 0.2) is 0 Å². The van der Waals surface area contributed by atoms with Gasteiger partial charge >= 0.3 is 6.18 Å². The van der Waals surface area contributed by atoms with Crippen molar-refractivity contribution in [2.24, 2.45) is 0 Å². The minimum atomic E-state index is -4.48. The molecule has 1 aromatic heterocycles. The van der Waals surface area contributed by atoms with Crippen LogP contribution in [-0.4, -0.2) is 55.1 Å². The third-order valence-corrected chi connectivity index (χ3v) is 4.24. The number of aromatic nitrogens is 1. The molecule has 0 aromatic carbocycles. The van der Waals surface area contributed by atoms with Crippen molar-refractivity contribution in [3.8, 4) is 6.07 Å². The van der Waals surface area contributed by atoms with Crippen LogP contribution in [0.25, 0.3) is 0 Å². The SMILES string of the molecule is N#CCCNC(=O)CN1CCCN(c2ncc(C(F)(F)F)cc2Cl)CC1. The molecule has 0 bridgehead atoms. The van der Waals surface area contributed by atoms with E-state index in [0.29, 0.717) is 38.5 Å². The van der Waals surface area contributed by atoms with Gasteiger partial charge in [-0.3, -0.25) is 9.69 Å². The lowest BCUT2D eigenvalue weighted by Gasteiger charge is -2.23. The Hall–Kier alpha value is -2.05. The average Bonchev–Trinajstić information content (AvgIpc) is 2.80. The van der Waals surface area contributed by atoms with Crippen molar-refractivity contribution in [3.05, 3.63) is 22.8 Å². The number of halogens is 4. The van der Waals surface area contributed by atoms with E-state index in [1.807, 2.05) is 15.9 Å². The highest BCUT2D eigenvalue weighted by atomic mass is 35.5. The summed E-state index contributed by atoms with van der Waals surface area (Å²) in [6.07, 6.45) is -2.71. The predicted molar refractivity (Wildman–Crippen MR) is 90.8 cm³/mol. The summed E-state index contributed by atoms with van der Waals surface area (Å²) in [5.41, 5.74) is -0.878. The van der Waals surface area contributed by atoms with E-state index in [4.69, 9.17) is 16.9 Å². The van der Waals surface area contributed by atoms with E-state index in [0.717, 1.165) is 18.7 Å². The first-order chi connectivity index (χ1) is 12.3. The molecule has 0 saturated carbocycles. The Balaban J connectivity index is 1.94. The molecule has 0 unspecified atom stereocenters. The van der Waals surface area contributed by atoms with Gasteiger partial charge in [-0.15, -0.1) is 0 Å². The van der Waals surface area contributed by atoms with Crippen molar-refractivity contribution in [1.82, 2.24) is 15.2 Å². The van der Waals surface area contributed by atoms with Gasteiger partial charge in [-0.2, -0.15) is 18.4 Å². The Morgan fingerprint density at radius 1 is 1.35 bits per heavy atom. The molecule has 2 heterocycles. The normalized spacial score (nSPS) is 16.0. The summed E-state index contributed by atoms with van der Waals surface area (Å²) in [6.45, 7) is 2.87. The standard InChI is InChI=1S/C16H19ClF3N5O/c17-13-9-12(16(18,19)20)10-23-15(13)25-6-2-5-24(7-8-25)11-14(26)22-4-1-3-21/h9-10H,1-2,4-8,11H2,(H,22,26). The lowest BCUT2D eigenvalue weighted by atomic mass is 10.2. The van der Waals surface area contributed by atoms with Gasteiger partial charge in [-0.25, -0.2) is 4.98 Å². The number of rotatable bonds is 5. The van der Waals surface area contributed by atoms with Crippen LogP contribution < -0.4 is 10.2 Å². The van der Waals surface area contributed by atoms with E-state index in [-0.39, 0.29) is 23.9 Å². The number of carbonyl (C=O) groups is 1. The van der Waals surface area contributed by atoms with E-state index >= 15 is 0 Å². The lowest BCUT2D eigenvalue weighted by Crippen LogP contribution is -2.39. The molecule has 0 radical (unpaired) electrons. The molecule has 6 nitrogen and oxygen atoms in total. The largest absolute Gasteiger partial charge is 0.417 e. The summed E-state index contributed by atoms with van der Waals surface area (Å²) in [7, 11) is 0. The Kier molecular flexibility index (Phi) is 7.06. The van der Waals surface area contributed by atoms with Gasteiger partial charge in [-0.1, -0.05) is 11.6 Å². The number of hydrogen-bond donors (Lipinski definition) is 1. The van der Waals surface area contributed by atoms with Gasteiger partial charge in [0.05, 0.1) is 29.6 Å². The third kappa shape index (κ3) is 5.75. The fraction of sp³-hybridized carbons (Fsp3) is 0.562. The highest BCUT2D eigenvalue weighted by Gasteiger charge is 2.32. The summed E-state index contributed by atoms with van der Waals surface area (Å²) in [6, 6.07) is 2.84. The van der Waals surface area contributed by atoms with Crippen LogP contribution in [0.4, 0.5) is 19.0 Å². The van der Waals surface area contributed by atoms with Crippen molar-refractivity contribution < 1.29 is 18.0 Å². The predicted octanol–water partition coefficient (Wildman–Crippen LogP) is 2.30. The second-order valence-electron chi connectivity index (χ2n) is 5.90. The van der Waals surface area contributed by atoms with Crippen molar-refractivity contribution in [1.29, 1.82) is 5.26 Å². The third-order valence-electron chi connectivity index (χ3n) is 3.96. The lowest BCUT2D eigenvalue weighted by molar-refractivity contribution is -0.137. The van der Waals surface area contributed by atoms with E-state index in [1.165, 1.54) is 0 Å². The van der Waals surface area contributed by atoms with Gasteiger partial charge in [0.2, 0.25) is 5.91 Å². The van der Waals surface area contributed by atoms with Crippen LogP contribution in [0.5, 0.6) is 0 Å². The molecular weight excluding hydrogens is 371 g/mol. The van der Waals surface area contributed by atoms with E-state index in [2.05, 4.69) is 10.3 Å². The number of nitrogens with one attached hydrogen (secondary N) is 1. The monoisotopic (exact) mass is 389 g/mol. The Bertz CT molecular complexity index is 677. The van der Waals surface area contributed by atoms with Gasteiger partial charge in [0.1, 0.15) is 5.82 Å². The van der Waals surface area contributed by atoms with Crippen LogP contribution >= 0.6 is 11.6 Å². The quantitative estimate of drug-likeness (QED) is 0.782. The first-order valence-corrected chi connectivity index (χ1v) is 8.52. The molecule has 1 amide bonds. The second kappa shape index (κ2) is 9.05. The second-order valence-corrected chi connectivity index (χ2v) is 6.31. The summed E-state index contributed by atoms with van der Waals surface area (Å²) in [5.74, 6) is 0.166. The summed E-state index contributed by atoms with van der Waals surface area (Å²) in [5, 5.41) is 11.1. The topological polar surface area (TPSA) is 72.3 Å². The number of carbonyl (C=O) groups excluding carboxylic acids is 1. The number of anilines is 1. The average molecular weight is 390 g/mol. The van der Waals surface area contributed by atoms with Crippen LogP contribution in [0.15, 0.2) is 12.3 Å². The molecule has 0 spiro atoms. The molecule has 142 valence electrons. The van der Waals surface area contributed by atoms with Crippen LogP contribution in [0.2, 0.25) is 5.02 Å². The van der Waals surface area contributed by atoms with Crippen molar-refractivity contribution in [3.63, 3.8) is 0 Å². The number of nitriles is 1. The molecular formula is C16H19ClF3N5O. The van der Waals surface area contributed by atoms with Crippen LogP contribution in [0.3, 0.4) is 0 Å². The molecule has 0 atom stereocenters. The van der Waals surface area contributed by atoms with Crippen LogP contribution in [0.1, 0.15) is 18.4 Å². The molecule has 2 rings (SSSR count). The number of nitrogens with zero attached hydrogens (tertiary/aromatic N) is 4. The van der Waals surface area contributed by atoms with Gasteiger partial charge in [0, 0.05) is 38.9 Å². The zero-order valence-corrected chi connectivity index (χ0v) is 14.8. The van der Waals surface area contributed by atoms with Gasteiger partial charge < -0.3 is 10.2 Å². The minimum absolute atomic E-state index is 0.0393. The first-order valence-electron chi connectivity index (χ1n) is 8.15. The van der Waals surface area contributed by atoms with Crippen molar-refractivity contribution >= 4 is 23.3 Å². The van der Waals surface area contributed by atoms with E-state index in [9.17, 15) is 18.0 Å². The van der Waals surface area contributed by atoms with Crippen LogP contribution in [-0.2, 0) is 11.0 Å². The number of pyridine rings is 1. The maximum absolute atomic E-state index is 12.7. The Morgan fingerprint density at radius 3 is 2.77 bits per heavy atom. The first kappa shape index (κ1) is 20.3. The zero-order valence-electron chi connectivity index (χ0n) is 14.0. The maximum atomic E-state index is 12.7.